The predicted molar refractivity (Wildman–Crippen MR) is 205 cm³/mol. The molecule has 71 heavy (non-hydrogen) atoms. The highest BCUT2D eigenvalue weighted by Crippen LogP contribution is 2.41. The maximum absolute atomic E-state index is 12.4. The fraction of sp³-hybridized carbons (Fsp3) is 0.259. The Hall–Kier alpha value is -9.60. The molecule has 4 aliphatic heterocycles. The van der Waals surface area contributed by atoms with Gasteiger partial charge in [0, 0.05) is 0 Å². The van der Waals surface area contributed by atoms with E-state index in [1.165, 1.54) is 27.7 Å². The Labute approximate surface area is 391 Å². The number of nitrogens with one attached hydrogen (secondary N) is 6. The van der Waals surface area contributed by atoms with Crippen LogP contribution in [0.1, 0.15) is 7.43 Å². The summed E-state index contributed by atoms with van der Waals surface area (Å²) >= 11 is 0. The number of aliphatic carboxylic acids is 6. The van der Waals surface area contributed by atoms with E-state index >= 15 is 0 Å². The van der Waals surface area contributed by atoms with Crippen LogP contribution < -0.4 is 48.3 Å². The Balaban J connectivity index is 0.00000124. The Kier molecular flexibility index (Phi) is 20.3. The van der Waals surface area contributed by atoms with Crippen LogP contribution in [0.2, 0.25) is 6.82 Å². The number of carbonyl (C=O) groups excluding carboxylic acids is 14. The maximum Gasteiger partial charge on any atom is 0.390 e. The molecule has 0 unspecified atom stereocenters. The number of esters is 8. The first-order valence-corrected chi connectivity index (χ1v) is 16.9. The van der Waals surface area contributed by atoms with Crippen LogP contribution in [0, 0.1) is 27.1 Å². The number of ether oxygens (including phenoxy) is 4. The minimum Gasteiger partial charge on any atom is -0.480 e. The van der Waals surface area contributed by atoms with Crippen molar-refractivity contribution >= 4 is 157 Å². The molecule has 0 atom stereocenters. The average Bonchev–Trinajstić information content (AvgIpc) is 3.21. The van der Waals surface area contributed by atoms with Gasteiger partial charge in [-0.1, -0.05) is 14.2 Å². The Morgan fingerprint density at radius 3 is 0.859 bits per heavy atom. The monoisotopic (exact) mass is 1010 g/mol. The summed E-state index contributed by atoms with van der Waals surface area (Å²) in [6.45, 7) is 1.32. The number of hydrogen-bond donors (Lipinski definition) is 15. The molecule has 0 aromatic rings. The summed E-state index contributed by atoms with van der Waals surface area (Å²) in [6, 6.07) is 0. The molecule has 44 heteroatoms. The topological polar surface area (TPSA) is 650 Å². The quantitative estimate of drug-likeness (QED) is 0.0262. The van der Waals surface area contributed by atoms with Gasteiger partial charge in [-0.2, -0.15) is 0 Å². The number of carboxylic acids is 6. The summed E-state index contributed by atoms with van der Waals surface area (Å²) in [6.07, 6.45) is 0. The molecular formula is C27H25B5N9O30. The van der Waals surface area contributed by atoms with Crippen molar-refractivity contribution in [3.63, 3.8) is 0 Å². The number of rotatable bonds is 18. The highest BCUT2D eigenvalue weighted by atomic mass is 16.7. The molecule has 0 aromatic carbocycles. The fourth-order valence-corrected chi connectivity index (χ4v) is 4.70. The second kappa shape index (κ2) is 23.4. The molecule has 4 saturated heterocycles. The molecule has 18 N–H and O–H groups in total. The first-order chi connectivity index (χ1) is 32.3. The van der Waals surface area contributed by atoms with Crippen molar-refractivity contribution in [3.8, 4) is 0 Å². The molecule has 5 radical (unpaired) electrons. The van der Waals surface area contributed by atoms with E-state index in [1.54, 1.807) is 5.23 Å². The van der Waals surface area contributed by atoms with Gasteiger partial charge in [0.25, 0.3) is 0 Å². The molecule has 4 fully saturated rings. The Morgan fingerprint density at radius 2 is 0.676 bits per heavy atom. The first kappa shape index (κ1) is 61.4. The molecule has 0 aliphatic carbocycles. The zero-order chi connectivity index (χ0) is 54.7. The maximum atomic E-state index is 12.4. The number of nitrogens with two attached hydrogens (primary N) is 3. The number of cyclic esters (lactones) is 8. The zero-order valence-corrected chi connectivity index (χ0v) is 33.6. The van der Waals surface area contributed by atoms with E-state index in [1.807, 2.05) is 5.23 Å². The SMILES string of the molecule is C.C[B]NC(=O)C(C(=O)O)(C(=O)O)C(=O)N[B]N.N[B]N.O=C(O)C(C(=O)O)(C(=O)N[B]NC(=O)C1(C(=O)O)C(=O)OC1=O)C(=O)N[B]NC(=O)C1(C(=O)O)C(=O)OC1=O.O=C1OC(=O)C12C(=O)OC2=O. The molecule has 4 heterocycles. The third-order valence-electron chi connectivity index (χ3n) is 8.46. The predicted octanol–water partition coefficient (Wildman–Crippen LogP) is -14.3. The average molecular weight is 1010 g/mol. The highest BCUT2D eigenvalue weighted by Gasteiger charge is 2.80. The third kappa shape index (κ3) is 9.88. The molecule has 4 rings (SSSR count). The molecule has 373 valence electrons. The van der Waals surface area contributed by atoms with Gasteiger partial charge < -0.3 is 97.9 Å². The van der Waals surface area contributed by atoms with Crippen molar-refractivity contribution in [2.75, 3.05) is 0 Å². The lowest BCUT2D eigenvalue weighted by Crippen LogP contribution is -2.71. The molecule has 0 saturated carbocycles. The Bertz CT molecular complexity index is 2210. The van der Waals surface area contributed by atoms with Crippen LogP contribution in [0.3, 0.4) is 0 Å². The van der Waals surface area contributed by atoms with Crippen LogP contribution in [0.25, 0.3) is 0 Å². The van der Waals surface area contributed by atoms with Gasteiger partial charge in [-0.05, 0) is 0 Å². The van der Waals surface area contributed by atoms with Crippen LogP contribution in [-0.4, -0.2) is 187 Å². The molecule has 39 nitrogen and oxygen atoms in total. The van der Waals surface area contributed by atoms with Gasteiger partial charge in [0.2, 0.25) is 42.9 Å². The number of carbonyl (C=O) groups is 20. The van der Waals surface area contributed by atoms with E-state index < -0.39 is 146 Å². The summed E-state index contributed by atoms with van der Waals surface area (Å²) in [5.74, 6) is -37.6. The van der Waals surface area contributed by atoms with E-state index in [4.69, 9.17) is 26.1 Å². The van der Waals surface area contributed by atoms with Crippen molar-refractivity contribution in [1.29, 1.82) is 0 Å². The normalized spacial score (nSPS) is 15.5. The van der Waals surface area contributed by atoms with Crippen LogP contribution >= 0.6 is 0 Å². The zero-order valence-electron chi connectivity index (χ0n) is 33.6. The standard InChI is InChI=1S/C15H8B2N4O18.C6H9B2N3O6.C5O6.CH4.BH4N2/c22-1(18-16-20-3(24)14(7(30)31)9(34)38-10(14)35)13(5(26)27,6(28)29)2(23)19-17-21-4(25)15(8(32)33)11(36)39-12(15)37;1-7-10-2(12)6(4(14)15,5(16)17)3(13)11-8-9;6-1-5(2(7)10-1)3(8)11-4(5)9;;2-1-3/h(H,18,22)(H,19,23)(H,20,24)(H,21,25)(H,26,27)(H,28,29)(H,30,31)(H,32,33);9H2,1H3,(H,10,12)(H,11,13)(H,14,15)(H,16,17);;1H4;2-3H2. The molecule has 4 aliphatic rings. The van der Waals surface area contributed by atoms with Crippen LogP contribution in [0.15, 0.2) is 0 Å². The summed E-state index contributed by atoms with van der Waals surface area (Å²) in [5.41, 5.74) is -2.64. The van der Waals surface area contributed by atoms with Gasteiger partial charge in [-0.25, -0.2) is 67.1 Å². The largest absolute Gasteiger partial charge is 0.480 e. The van der Waals surface area contributed by atoms with E-state index in [0.717, 1.165) is 15.0 Å². The van der Waals surface area contributed by atoms with Gasteiger partial charge in [-0.15, -0.1) is 0 Å². The summed E-state index contributed by atoms with van der Waals surface area (Å²) in [5, 5.41) is 63.1. The summed E-state index contributed by atoms with van der Waals surface area (Å²) < 4.78 is 15.2. The lowest BCUT2D eigenvalue weighted by molar-refractivity contribution is -0.224. The lowest BCUT2D eigenvalue weighted by atomic mass is 9.80. The molecular weight excluding hydrogens is 984 g/mol. The van der Waals surface area contributed by atoms with Gasteiger partial charge in [-0.3, -0.25) is 28.8 Å². The van der Waals surface area contributed by atoms with Crippen LogP contribution in [0.5, 0.6) is 0 Å². The second-order valence-electron chi connectivity index (χ2n) is 12.1. The van der Waals surface area contributed by atoms with Crippen molar-refractivity contribution in [3.05, 3.63) is 0 Å². The van der Waals surface area contributed by atoms with Crippen molar-refractivity contribution in [2.45, 2.75) is 14.2 Å². The highest BCUT2D eigenvalue weighted by molar-refractivity contribution is 6.52. The molecule has 1 spiro atoms. The van der Waals surface area contributed by atoms with Crippen molar-refractivity contribution in [2.24, 2.45) is 44.0 Å². The minimum absolute atomic E-state index is 0. The smallest absolute Gasteiger partial charge is 0.390 e. The number of amides is 6. The second-order valence-corrected chi connectivity index (χ2v) is 12.1. The van der Waals surface area contributed by atoms with Gasteiger partial charge >= 0.3 is 141 Å². The summed E-state index contributed by atoms with van der Waals surface area (Å²) in [7, 11) is 2.48. The number of carboxylic acid groups (broad SMARTS) is 6. The lowest BCUT2D eigenvalue weighted by Gasteiger charge is -2.36. The van der Waals surface area contributed by atoms with Gasteiger partial charge in [0.05, 0.1) is 0 Å². The Morgan fingerprint density at radius 1 is 0.437 bits per heavy atom. The van der Waals surface area contributed by atoms with Gasteiger partial charge in [0.1, 0.15) is 0 Å². The number of hydrogen-bond acceptors (Lipinski definition) is 27. The summed E-state index contributed by atoms with van der Waals surface area (Å²) in [4.78, 5) is 227. The van der Waals surface area contributed by atoms with Crippen LogP contribution in [0.4, 0.5) is 0 Å². The molecule has 0 bridgehead atoms. The van der Waals surface area contributed by atoms with Crippen molar-refractivity contribution in [1.82, 2.24) is 31.4 Å². The van der Waals surface area contributed by atoms with E-state index in [2.05, 4.69) is 30.2 Å². The van der Waals surface area contributed by atoms with Crippen molar-refractivity contribution < 1.29 is 145 Å². The van der Waals surface area contributed by atoms with Gasteiger partial charge in [0.15, 0.2) is 0 Å². The van der Waals surface area contributed by atoms with Crippen LogP contribution in [-0.2, 0) is 115 Å². The third-order valence-corrected chi connectivity index (χ3v) is 8.46. The van der Waals surface area contributed by atoms with E-state index in [0.29, 0.717) is 7.55 Å². The molecule has 0 aromatic heterocycles. The first-order valence-electron chi connectivity index (χ1n) is 16.9. The molecule has 6 amide bonds. The fourth-order valence-electron chi connectivity index (χ4n) is 4.70. The van der Waals surface area contributed by atoms with E-state index in [9.17, 15) is 106 Å². The van der Waals surface area contributed by atoms with E-state index in [-0.39, 0.29) is 22.5 Å². The minimum atomic E-state index is -4.14.